The van der Waals surface area contributed by atoms with Crippen LogP contribution in [0.3, 0.4) is 0 Å². The lowest BCUT2D eigenvalue weighted by molar-refractivity contribution is -0.384. The minimum Gasteiger partial charge on any atom is -0.394 e. The average Bonchev–Trinajstić information content (AvgIpc) is 2.76. The Morgan fingerprint density at radius 2 is 1.16 bits per heavy atom. The van der Waals surface area contributed by atoms with Gasteiger partial charge in [-0.1, -0.05) is 0 Å². The van der Waals surface area contributed by atoms with Crippen LogP contribution in [0.4, 0.5) is 0 Å². The van der Waals surface area contributed by atoms with Crippen molar-refractivity contribution in [1.29, 1.82) is 0 Å². The summed E-state index contributed by atoms with van der Waals surface area (Å²) < 4.78 is 27.2. The zero-order valence-electron chi connectivity index (χ0n) is 17.4. The topological polar surface area (TPSA) is 228 Å². The second-order valence-electron chi connectivity index (χ2n) is 8.30. The molecule has 188 valence electrons. The van der Waals surface area contributed by atoms with E-state index in [2.05, 4.69) is 0 Å². The van der Waals surface area contributed by atoms with Gasteiger partial charge in [-0.15, -0.1) is 0 Å². The van der Waals surface area contributed by atoms with Crippen LogP contribution in [0.2, 0.25) is 0 Å². The third-order valence-electron chi connectivity index (χ3n) is 6.01. The minimum absolute atomic E-state index is 0.712. The summed E-state index contributed by atoms with van der Waals surface area (Å²) >= 11 is 0. The molecule has 3 aliphatic rings. The molecule has 0 amide bonds. The van der Waals surface area contributed by atoms with Crippen molar-refractivity contribution >= 4 is 0 Å². The predicted octanol–water partition coefficient (Wildman–Crippen LogP) is -5.52. The van der Waals surface area contributed by atoms with E-state index in [9.17, 15) is 46.0 Å². The smallest absolute Gasteiger partial charge is 0.187 e. The SMILES string of the molecule is C[C@@H]1O[C@@H](O[C@H]2[C@H](O[C@@H]3[C@@H](O)[C@@H](O)[C@@H](O)O[C@H]3C)O[C@H](CO)[C@H](O)[C@@H]2O)[C@H](O)[C@H](O)[C@H]1O. The summed E-state index contributed by atoms with van der Waals surface area (Å²) in [7, 11) is 0. The van der Waals surface area contributed by atoms with Crippen LogP contribution in [0.5, 0.6) is 0 Å². The highest BCUT2D eigenvalue weighted by Crippen LogP contribution is 2.32. The number of hydrogen-bond donors (Lipinski definition) is 9. The van der Waals surface area contributed by atoms with Crippen molar-refractivity contribution in [3.63, 3.8) is 0 Å². The molecule has 0 aromatic carbocycles. The Morgan fingerprint density at radius 1 is 0.562 bits per heavy atom. The molecule has 14 nitrogen and oxygen atoms in total. The van der Waals surface area contributed by atoms with E-state index >= 15 is 0 Å². The van der Waals surface area contributed by atoms with E-state index in [1.54, 1.807) is 0 Å². The van der Waals surface area contributed by atoms with Crippen LogP contribution in [0.25, 0.3) is 0 Å². The zero-order valence-corrected chi connectivity index (χ0v) is 17.4. The molecule has 0 spiro atoms. The van der Waals surface area contributed by atoms with Gasteiger partial charge in [0.25, 0.3) is 0 Å². The van der Waals surface area contributed by atoms with E-state index in [4.69, 9.17) is 23.7 Å². The van der Waals surface area contributed by atoms with Gasteiger partial charge in [-0.25, -0.2) is 0 Å². The van der Waals surface area contributed by atoms with Gasteiger partial charge in [0.1, 0.15) is 61.0 Å². The molecule has 0 aromatic rings. The molecule has 0 bridgehead atoms. The molecule has 0 unspecified atom stereocenters. The third-order valence-corrected chi connectivity index (χ3v) is 6.01. The summed E-state index contributed by atoms with van der Waals surface area (Å²) in [6.45, 7) is 2.14. The van der Waals surface area contributed by atoms with Crippen LogP contribution < -0.4 is 0 Å². The van der Waals surface area contributed by atoms with Crippen molar-refractivity contribution in [2.45, 2.75) is 106 Å². The number of aliphatic hydroxyl groups is 9. The Balaban J connectivity index is 1.81. The highest BCUT2D eigenvalue weighted by atomic mass is 16.8. The Bertz CT molecular complexity index is 610. The van der Waals surface area contributed by atoms with Crippen LogP contribution in [0, 0.1) is 0 Å². The van der Waals surface area contributed by atoms with Crippen molar-refractivity contribution in [3.8, 4) is 0 Å². The van der Waals surface area contributed by atoms with Gasteiger partial charge in [-0.3, -0.25) is 0 Å². The summed E-state index contributed by atoms with van der Waals surface area (Å²) in [5, 5.41) is 90.2. The fourth-order valence-electron chi connectivity index (χ4n) is 3.96. The van der Waals surface area contributed by atoms with Gasteiger partial charge >= 0.3 is 0 Å². The Hall–Kier alpha value is -0.560. The second-order valence-corrected chi connectivity index (χ2v) is 8.30. The lowest BCUT2D eigenvalue weighted by Gasteiger charge is -2.48. The van der Waals surface area contributed by atoms with E-state index in [1.165, 1.54) is 13.8 Å². The van der Waals surface area contributed by atoms with Crippen LogP contribution in [0.1, 0.15) is 13.8 Å². The molecule has 3 fully saturated rings. The number of rotatable bonds is 5. The highest BCUT2D eigenvalue weighted by molar-refractivity contribution is 4.95. The first-order valence-electron chi connectivity index (χ1n) is 10.3. The van der Waals surface area contributed by atoms with Gasteiger partial charge in [-0.05, 0) is 13.8 Å². The second kappa shape index (κ2) is 10.4. The average molecular weight is 472 g/mol. The maximum atomic E-state index is 10.6. The predicted molar refractivity (Wildman–Crippen MR) is 98.4 cm³/mol. The van der Waals surface area contributed by atoms with E-state index < -0.39 is 98.7 Å². The van der Waals surface area contributed by atoms with Gasteiger partial charge in [-0.2, -0.15) is 0 Å². The summed E-state index contributed by atoms with van der Waals surface area (Å²) in [6, 6.07) is 0. The maximum Gasteiger partial charge on any atom is 0.187 e. The van der Waals surface area contributed by atoms with Gasteiger partial charge < -0.3 is 69.6 Å². The van der Waals surface area contributed by atoms with Gasteiger partial charge in [0.05, 0.1) is 18.8 Å². The molecule has 32 heavy (non-hydrogen) atoms. The van der Waals surface area contributed by atoms with Crippen molar-refractivity contribution in [1.82, 2.24) is 0 Å². The highest BCUT2D eigenvalue weighted by Gasteiger charge is 2.52. The standard InChI is InChI=1S/C18H32O14/c1-4-7(20)9(22)13(26)17(29-4)32-15-10(23)8(21)6(3-19)30-18(15)31-14-5(2)28-16(27)12(25)11(14)24/h4-27H,3H2,1-2H3/t4-,5-,6+,7-,8-,9+,10-,11-,12+,13+,14-,15+,16-,17-,18-/m0/s1. The molecule has 3 saturated heterocycles. The normalized spacial score (nSPS) is 55.0. The molecule has 0 saturated carbocycles. The Labute approximate surface area is 183 Å². The summed E-state index contributed by atoms with van der Waals surface area (Å²) in [5.41, 5.74) is 0. The summed E-state index contributed by atoms with van der Waals surface area (Å²) in [5.74, 6) is 0. The fraction of sp³-hybridized carbons (Fsp3) is 1.00. The number of hydrogen-bond acceptors (Lipinski definition) is 14. The molecule has 3 heterocycles. The molecule has 9 N–H and O–H groups in total. The lowest BCUT2D eigenvalue weighted by atomic mass is 9.96. The third kappa shape index (κ3) is 4.94. The first-order valence-corrected chi connectivity index (χ1v) is 10.3. The van der Waals surface area contributed by atoms with Crippen molar-refractivity contribution in [3.05, 3.63) is 0 Å². The van der Waals surface area contributed by atoms with E-state index in [-0.39, 0.29) is 0 Å². The zero-order chi connectivity index (χ0) is 23.9. The summed E-state index contributed by atoms with van der Waals surface area (Å²) in [6.07, 6.45) is -22.5. The first-order chi connectivity index (χ1) is 15.0. The van der Waals surface area contributed by atoms with Gasteiger partial charge in [0, 0.05) is 0 Å². The number of ether oxygens (including phenoxy) is 5. The Kier molecular flexibility index (Phi) is 8.44. The van der Waals surface area contributed by atoms with E-state index in [1.807, 2.05) is 0 Å². The fourth-order valence-corrected chi connectivity index (χ4v) is 3.96. The first kappa shape index (κ1) is 26.1. The van der Waals surface area contributed by atoms with Crippen LogP contribution in [-0.2, 0) is 23.7 Å². The molecule has 3 rings (SSSR count). The Morgan fingerprint density at radius 3 is 1.78 bits per heavy atom. The molecule has 0 radical (unpaired) electrons. The van der Waals surface area contributed by atoms with Crippen molar-refractivity contribution in [2.24, 2.45) is 0 Å². The largest absolute Gasteiger partial charge is 0.394 e. The quantitative estimate of drug-likeness (QED) is 0.182. The maximum absolute atomic E-state index is 10.6. The molecule has 15 atom stereocenters. The molecular weight excluding hydrogens is 440 g/mol. The molecule has 0 aromatic heterocycles. The molecule has 0 aliphatic carbocycles. The van der Waals surface area contributed by atoms with Crippen LogP contribution in [-0.4, -0.2) is 145 Å². The van der Waals surface area contributed by atoms with Gasteiger partial charge in [0.15, 0.2) is 18.9 Å². The van der Waals surface area contributed by atoms with E-state index in [0.29, 0.717) is 0 Å². The lowest BCUT2D eigenvalue weighted by Crippen LogP contribution is -2.66. The van der Waals surface area contributed by atoms with Crippen LogP contribution >= 0.6 is 0 Å². The van der Waals surface area contributed by atoms with Crippen molar-refractivity contribution < 1.29 is 69.6 Å². The molecular formula is C18H32O14. The van der Waals surface area contributed by atoms with E-state index in [0.717, 1.165) is 0 Å². The van der Waals surface area contributed by atoms with Crippen LogP contribution in [0.15, 0.2) is 0 Å². The van der Waals surface area contributed by atoms with Gasteiger partial charge in [0.2, 0.25) is 0 Å². The summed E-state index contributed by atoms with van der Waals surface area (Å²) in [4.78, 5) is 0. The van der Waals surface area contributed by atoms with Crippen molar-refractivity contribution in [2.75, 3.05) is 6.61 Å². The number of aliphatic hydroxyl groups excluding tert-OH is 9. The molecule has 3 aliphatic heterocycles. The minimum atomic E-state index is -1.74. The molecule has 14 heteroatoms. The monoisotopic (exact) mass is 472 g/mol.